The van der Waals surface area contributed by atoms with E-state index in [0.29, 0.717) is 10.0 Å². The quantitative estimate of drug-likeness (QED) is 0.813. The number of benzene rings is 1. The molecule has 1 rings (SSSR count). The number of unbranched alkanes of at least 4 members (excludes halogenated alkanes) is 2. The van der Waals surface area contributed by atoms with Gasteiger partial charge in [0.1, 0.15) is 0 Å². The van der Waals surface area contributed by atoms with Crippen molar-refractivity contribution in [3.05, 3.63) is 28.2 Å². The second kappa shape index (κ2) is 6.64. The number of halogens is 1. The molecule has 0 saturated heterocycles. The first kappa shape index (κ1) is 14.0. The van der Waals surface area contributed by atoms with E-state index in [1.807, 2.05) is 19.2 Å². The highest BCUT2D eigenvalue weighted by Crippen LogP contribution is 2.23. The second-order valence-electron chi connectivity index (χ2n) is 4.10. The minimum absolute atomic E-state index is 0.302. The largest absolute Gasteiger partial charge is 0.478 e. The highest BCUT2D eigenvalue weighted by atomic mass is 79.9. The Morgan fingerprint density at radius 3 is 2.65 bits per heavy atom. The number of hydrogen-bond acceptors (Lipinski definition) is 2. The van der Waals surface area contributed by atoms with E-state index >= 15 is 0 Å². The second-order valence-corrected chi connectivity index (χ2v) is 4.95. The minimum Gasteiger partial charge on any atom is -0.478 e. The molecule has 17 heavy (non-hydrogen) atoms. The summed E-state index contributed by atoms with van der Waals surface area (Å²) < 4.78 is 0.629. The first-order chi connectivity index (χ1) is 8.06. The standard InChI is InChI=1S/C13H18BrNO2/c1-3-4-5-8-15(2)10-6-7-11(13(16)17)12(14)9-10/h6-7,9H,3-5,8H2,1-2H3,(H,16,17). The van der Waals surface area contributed by atoms with Crippen LogP contribution >= 0.6 is 15.9 Å². The SMILES string of the molecule is CCCCCN(C)c1ccc(C(=O)O)c(Br)c1. The van der Waals surface area contributed by atoms with Crippen LogP contribution in [0.15, 0.2) is 22.7 Å². The van der Waals surface area contributed by atoms with Crippen LogP contribution in [0.3, 0.4) is 0 Å². The summed E-state index contributed by atoms with van der Waals surface area (Å²) in [5.74, 6) is -0.905. The summed E-state index contributed by atoms with van der Waals surface area (Å²) in [6, 6.07) is 5.34. The van der Waals surface area contributed by atoms with E-state index < -0.39 is 5.97 Å². The van der Waals surface area contributed by atoms with E-state index in [0.717, 1.165) is 18.7 Å². The third-order valence-corrected chi connectivity index (χ3v) is 3.38. The summed E-state index contributed by atoms with van der Waals surface area (Å²) in [6.07, 6.45) is 3.58. The lowest BCUT2D eigenvalue weighted by Gasteiger charge is -2.19. The number of nitrogens with zero attached hydrogens (tertiary/aromatic N) is 1. The Labute approximate surface area is 111 Å². The molecule has 0 aliphatic rings. The average Bonchev–Trinajstić information content (AvgIpc) is 2.28. The highest BCUT2D eigenvalue weighted by Gasteiger charge is 2.09. The number of aromatic carboxylic acids is 1. The van der Waals surface area contributed by atoms with Crippen molar-refractivity contribution in [2.24, 2.45) is 0 Å². The van der Waals surface area contributed by atoms with Crippen LogP contribution in [0.5, 0.6) is 0 Å². The van der Waals surface area contributed by atoms with Gasteiger partial charge in [-0.15, -0.1) is 0 Å². The normalized spacial score (nSPS) is 10.3. The zero-order valence-electron chi connectivity index (χ0n) is 10.2. The molecule has 0 heterocycles. The molecular weight excluding hydrogens is 282 g/mol. The van der Waals surface area contributed by atoms with Crippen LogP contribution < -0.4 is 4.90 Å². The van der Waals surface area contributed by atoms with Gasteiger partial charge in [0.25, 0.3) is 0 Å². The van der Waals surface area contributed by atoms with E-state index in [2.05, 4.69) is 27.8 Å². The summed E-state index contributed by atoms with van der Waals surface area (Å²) in [4.78, 5) is 13.0. The number of carboxylic acids is 1. The number of carbonyl (C=O) groups is 1. The summed E-state index contributed by atoms with van der Waals surface area (Å²) in [7, 11) is 2.03. The van der Waals surface area contributed by atoms with Crippen LogP contribution in [-0.2, 0) is 0 Å². The Hall–Kier alpha value is -1.03. The lowest BCUT2D eigenvalue weighted by molar-refractivity contribution is 0.0696. The molecule has 0 aliphatic carbocycles. The van der Waals surface area contributed by atoms with Gasteiger partial charge in [0, 0.05) is 23.8 Å². The van der Waals surface area contributed by atoms with Crippen LogP contribution in [0.4, 0.5) is 5.69 Å². The van der Waals surface area contributed by atoms with Crippen LogP contribution in [0.25, 0.3) is 0 Å². The summed E-state index contributed by atoms with van der Waals surface area (Å²) >= 11 is 3.29. The molecule has 1 N–H and O–H groups in total. The van der Waals surface area contributed by atoms with Gasteiger partial charge in [0.2, 0.25) is 0 Å². The molecular formula is C13H18BrNO2. The summed E-state index contributed by atoms with van der Waals surface area (Å²) in [5.41, 5.74) is 1.34. The van der Waals surface area contributed by atoms with Crippen molar-refractivity contribution in [3.8, 4) is 0 Å². The van der Waals surface area contributed by atoms with E-state index in [9.17, 15) is 4.79 Å². The Kier molecular flexibility index (Phi) is 5.48. The molecule has 0 aliphatic heterocycles. The lowest BCUT2D eigenvalue weighted by atomic mass is 10.2. The molecule has 0 bridgehead atoms. The Bertz CT molecular complexity index is 393. The van der Waals surface area contributed by atoms with Gasteiger partial charge >= 0.3 is 5.97 Å². The monoisotopic (exact) mass is 299 g/mol. The fraction of sp³-hybridized carbons (Fsp3) is 0.462. The number of rotatable bonds is 6. The van der Waals surface area contributed by atoms with E-state index in [-0.39, 0.29) is 0 Å². The van der Waals surface area contributed by atoms with Gasteiger partial charge < -0.3 is 10.0 Å². The number of carboxylic acid groups (broad SMARTS) is 1. The first-order valence-corrected chi connectivity index (χ1v) is 6.59. The number of anilines is 1. The Morgan fingerprint density at radius 2 is 2.12 bits per heavy atom. The van der Waals surface area contributed by atoms with Gasteiger partial charge in [0.15, 0.2) is 0 Å². The van der Waals surface area contributed by atoms with Gasteiger partial charge in [-0.25, -0.2) is 4.79 Å². The summed E-state index contributed by atoms with van der Waals surface area (Å²) in [6.45, 7) is 3.17. The maximum atomic E-state index is 10.9. The third-order valence-electron chi connectivity index (χ3n) is 2.72. The summed E-state index contributed by atoms with van der Waals surface area (Å²) in [5, 5.41) is 8.92. The predicted molar refractivity (Wildman–Crippen MR) is 73.9 cm³/mol. The molecule has 0 radical (unpaired) electrons. The number of hydrogen-bond donors (Lipinski definition) is 1. The van der Waals surface area contributed by atoms with Crippen molar-refractivity contribution in [1.29, 1.82) is 0 Å². The maximum absolute atomic E-state index is 10.9. The fourth-order valence-electron chi connectivity index (χ4n) is 1.64. The molecule has 94 valence electrons. The maximum Gasteiger partial charge on any atom is 0.336 e. The molecule has 0 spiro atoms. The van der Waals surface area contributed by atoms with Crippen molar-refractivity contribution < 1.29 is 9.90 Å². The molecule has 0 fully saturated rings. The Balaban J connectivity index is 2.72. The smallest absolute Gasteiger partial charge is 0.336 e. The van der Waals surface area contributed by atoms with Crippen molar-refractivity contribution in [3.63, 3.8) is 0 Å². The third kappa shape index (κ3) is 4.04. The molecule has 1 aromatic carbocycles. The van der Waals surface area contributed by atoms with Crippen molar-refractivity contribution in [1.82, 2.24) is 0 Å². The first-order valence-electron chi connectivity index (χ1n) is 5.80. The average molecular weight is 300 g/mol. The molecule has 4 heteroatoms. The van der Waals surface area contributed by atoms with Crippen molar-refractivity contribution in [2.45, 2.75) is 26.2 Å². The van der Waals surface area contributed by atoms with Crippen LogP contribution in [-0.4, -0.2) is 24.7 Å². The molecule has 0 amide bonds. The van der Waals surface area contributed by atoms with Crippen LogP contribution in [0, 0.1) is 0 Å². The predicted octanol–water partition coefficient (Wildman–Crippen LogP) is 3.77. The molecule has 1 aromatic rings. The van der Waals surface area contributed by atoms with E-state index in [1.54, 1.807) is 6.07 Å². The van der Waals surface area contributed by atoms with E-state index in [1.165, 1.54) is 12.8 Å². The van der Waals surface area contributed by atoms with Crippen LogP contribution in [0.2, 0.25) is 0 Å². The van der Waals surface area contributed by atoms with Gasteiger partial charge in [0.05, 0.1) is 5.56 Å². The Morgan fingerprint density at radius 1 is 1.41 bits per heavy atom. The molecule has 0 unspecified atom stereocenters. The topological polar surface area (TPSA) is 40.5 Å². The zero-order chi connectivity index (χ0) is 12.8. The molecule has 3 nitrogen and oxygen atoms in total. The highest BCUT2D eigenvalue weighted by molar-refractivity contribution is 9.10. The van der Waals surface area contributed by atoms with Gasteiger partial charge in [-0.3, -0.25) is 0 Å². The lowest BCUT2D eigenvalue weighted by Crippen LogP contribution is -2.18. The molecule has 0 aromatic heterocycles. The van der Waals surface area contributed by atoms with Gasteiger partial charge in [-0.1, -0.05) is 19.8 Å². The zero-order valence-corrected chi connectivity index (χ0v) is 11.8. The van der Waals surface area contributed by atoms with Crippen LogP contribution in [0.1, 0.15) is 36.5 Å². The van der Waals surface area contributed by atoms with Gasteiger partial charge in [-0.2, -0.15) is 0 Å². The van der Waals surface area contributed by atoms with Crippen molar-refractivity contribution >= 4 is 27.6 Å². The van der Waals surface area contributed by atoms with Gasteiger partial charge in [-0.05, 0) is 40.5 Å². The molecule has 0 saturated carbocycles. The van der Waals surface area contributed by atoms with Crippen molar-refractivity contribution in [2.75, 3.05) is 18.5 Å². The minimum atomic E-state index is -0.905. The van der Waals surface area contributed by atoms with E-state index in [4.69, 9.17) is 5.11 Å². The fourth-order valence-corrected chi connectivity index (χ4v) is 2.18. The molecule has 0 atom stereocenters.